The van der Waals surface area contributed by atoms with E-state index in [1.165, 1.54) is 13.4 Å². The van der Waals surface area contributed by atoms with Crippen molar-refractivity contribution in [2.24, 2.45) is 5.41 Å². The molecule has 0 radical (unpaired) electrons. The second-order valence-corrected chi connectivity index (χ2v) is 10.6. The summed E-state index contributed by atoms with van der Waals surface area (Å²) in [6.45, 7) is 5.29. The smallest absolute Gasteiger partial charge is 0.328 e. The summed E-state index contributed by atoms with van der Waals surface area (Å²) in [5.41, 5.74) is 1.57. The van der Waals surface area contributed by atoms with Crippen LogP contribution in [0.2, 0.25) is 0 Å². The zero-order valence-electron chi connectivity index (χ0n) is 23.3. The van der Waals surface area contributed by atoms with Gasteiger partial charge in [-0.1, -0.05) is 81.4 Å². The predicted octanol–water partition coefficient (Wildman–Crippen LogP) is 2.11. The van der Waals surface area contributed by atoms with E-state index in [4.69, 9.17) is 4.74 Å². The SMILES string of the molecule is COC(=O)[C@H](Cc1cnc[nH]1)NC(=O)[C@H](Cc1ccccc1)NC(=O)[C@H](Cc1ccccc1)NC(=O)C(C)(C)C. The molecular formula is C30H37N5O5. The number of carbonyl (C=O) groups is 4. The molecule has 0 aliphatic rings. The first-order valence-electron chi connectivity index (χ1n) is 13.1. The molecule has 3 aromatic rings. The van der Waals surface area contributed by atoms with Crippen molar-refractivity contribution in [2.75, 3.05) is 7.11 Å². The molecule has 0 aliphatic carbocycles. The molecule has 10 nitrogen and oxygen atoms in total. The zero-order valence-corrected chi connectivity index (χ0v) is 23.3. The van der Waals surface area contributed by atoms with E-state index >= 15 is 0 Å². The van der Waals surface area contributed by atoms with Gasteiger partial charge in [0, 0.05) is 36.6 Å². The van der Waals surface area contributed by atoms with Gasteiger partial charge in [-0.15, -0.1) is 0 Å². The quantitative estimate of drug-likeness (QED) is 0.256. The second kappa shape index (κ2) is 14.1. The van der Waals surface area contributed by atoms with Crippen LogP contribution in [-0.2, 0) is 43.2 Å². The number of esters is 1. The molecule has 0 saturated heterocycles. The standard InChI is InChI=1S/C30H37N5O5/c1-30(2,3)29(39)35-24(16-21-13-9-6-10-14-21)27(37)33-23(15-20-11-7-5-8-12-20)26(36)34-25(28(38)40-4)17-22-18-31-19-32-22/h5-14,18-19,23-25H,15-17H2,1-4H3,(H,31,32)(H,33,37)(H,34,36)(H,35,39)/t23-,24-,25-/m0/s1. The van der Waals surface area contributed by atoms with Crippen LogP contribution in [0.5, 0.6) is 0 Å². The van der Waals surface area contributed by atoms with Crippen LogP contribution < -0.4 is 16.0 Å². The molecule has 0 aliphatic heterocycles. The molecule has 0 bridgehead atoms. The first-order valence-corrected chi connectivity index (χ1v) is 13.1. The molecule has 212 valence electrons. The summed E-state index contributed by atoms with van der Waals surface area (Å²) in [6, 6.07) is 15.6. The van der Waals surface area contributed by atoms with E-state index < -0.39 is 41.3 Å². The Labute approximate surface area is 234 Å². The van der Waals surface area contributed by atoms with Crippen molar-refractivity contribution in [3.63, 3.8) is 0 Å². The number of hydrogen-bond acceptors (Lipinski definition) is 6. The molecular weight excluding hydrogens is 510 g/mol. The molecule has 0 unspecified atom stereocenters. The average molecular weight is 548 g/mol. The van der Waals surface area contributed by atoms with Crippen LogP contribution in [0.3, 0.4) is 0 Å². The van der Waals surface area contributed by atoms with Crippen molar-refractivity contribution in [3.8, 4) is 0 Å². The lowest BCUT2D eigenvalue weighted by molar-refractivity contribution is -0.145. The topological polar surface area (TPSA) is 142 Å². The fourth-order valence-electron chi connectivity index (χ4n) is 3.99. The van der Waals surface area contributed by atoms with Gasteiger partial charge in [0.2, 0.25) is 17.7 Å². The number of rotatable bonds is 12. The summed E-state index contributed by atoms with van der Waals surface area (Å²) < 4.78 is 4.90. The summed E-state index contributed by atoms with van der Waals surface area (Å²) in [5, 5.41) is 8.39. The monoisotopic (exact) mass is 547 g/mol. The van der Waals surface area contributed by atoms with Crippen molar-refractivity contribution in [2.45, 2.75) is 58.2 Å². The van der Waals surface area contributed by atoms with Gasteiger partial charge < -0.3 is 25.7 Å². The number of aromatic amines is 1. The normalized spacial score (nSPS) is 13.4. The number of ether oxygens (including phenoxy) is 1. The summed E-state index contributed by atoms with van der Waals surface area (Å²) >= 11 is 0. The average Bonchev–Trinajstić information content (AvgIpc) is 3.45. The number of nitrogens with one attached hydrogen (secondary N) is 4. The van der Waals surface area contributed by atoms with Gasteiger partial charge in [-0.3, -0.25) is 14.4 Å². The van der Waals surface area contributed by atoms with Crippen LogP contribution in [0.15, 0.2) is 73.2 Å². The third-order valence-electron chi connectivity index (χ3n) is 6.28. The van der Waals surface area contributed by atoms with Crippen LogP contribution in [0.25, 0.3) is 0 Å². The van der Waals surface area contributed by atoms with E-state index in [0.29, 0.717) is 5.69 Å². The highest BCUT2D eigenvalue weighted by Crippen LogP contribution is 2.14. The number of amides is 3. The maximum absolute atomic E-state index is 13.6. The van der Waals surface area contributed by atoms with Gasteiger partial charge in [-0.05, 0) is 11.1 Å². The lowest BCUT2D eigenvalue weighted by Gasteiger charge is -2.27. The van der Waals surface area contributed by atoms with Crippen LogP contribution in [0, 0.1) is 5.41 Å². The first kappa shape index (κ1) is 30.1. The van der Waals surface area contributed by atoms with Gasteiger partial charge in [-0.25, -0.2) is 9.78 Å². The minimum atomic E-state index is -1.03. The fraction of sp³-hybridized carbons (Fsp3) is 0.367. The Morgan fingerprint density at radius 1 is 0.775 bits per heavy atom. The first-order chi connectivity index (χ1) is 19.1. The van der Waals surface area contributed by atoms with Gasteiger partial charge in [-0.2, -0.15) is 0 Å². The van der Waals surface area contributed by atoms with Crippen molar-refractivity contribution >= 4 is 23.7 Å². The van der Waals surface area contributed by atoms with E-state index in [2.05, 4.69) is 25.9 Å². The van der Waals surface area contributed by atoms with Crippen LogP contribution in [0.4, 0.5) is 0 Å². The Morgan fingerprint density at radius 2 is 1.27 bits per heavy atom. The van der Waals surface area contributed by atoms with Crippen molar-refractivity contribution in [1.82, 2.24) is 25.9 Å². The number of methoxy groups -OCH3 is 1. The Morgan fingerprint density at radius 3 is 1.73 bits per heavy atom. The van der Waals surface area contributed by atoms with Crippen LogP contribution >= 0.6 is 0 Å². The number of hydrogen-bond donors (Lipinski definition) is 4. The predicted molar refractivity (Wildman–Crippen MR) is 150 cm³/mol. The summed E-state index contributed by atoms with van der Waals surface area (Å²) in [6.07, 6.45) is 3.56. The molecule has 40 heavy (non-hydrogen) atoms. The molecule has 1 aromatic heterocycles. The molecule has 10 heteroatoms. The molecule has 0 spiro atoms. The number of imidazole rings is 1. The fourth-order valence-corrected chi connectivity index (χ4v) is 3.99. The highest BCUT2D eigenvalue weighted by atomic mass is 16.5. The highest BCUT2D eigenvalue weighted by Gasteiger charge is 2.32. The third kappa shape index (κ3) is 9.07. The lowest BCUT2D eigenvalue weighted by atomic mass is 9.94. The molecule has 3 rings (SSSR count). The van der Waals surface area contributed by atoms with Gasteiger partial charge >= 0.3 is 5.97 Å². The largest absolute Gasteiger partial charge is 0.467 e. The molecule has 3 amide bonds. The van der Waals surface area contributed by atoms with Gasteiger partial charge in [0.15, 0.2) is 0 Å². The number of carbonyl (C=O) groups excluding carboxylic acids is 4. The maximum Gasteiger partial charge on any atom is 0.328 e. The Hall–Kier alpha value is -4.47. The van der Waals surface area contributed by atoms with Gasteiger partial charge in [0.05, 0.1) is 13.4 Å². The van der Waals surface area contributed by atoms with Crippen LogP contribution in [-0.4, -0.2) is 58.9 Å². The highest BCUT2D eigenvalue weighted by molar-refractivity contribution is 5.94. The second-order valence-electron chi connectivity index (χ2n) is 10.6. The third-order valence-corrected chi connectivity index (χ3v) is 6.28. The number of H-pyrrole nitrogens is 1. The molecule has 4 N–H and O–H groups in total. The zero-order chi connectivity index (χ0) is 29.1. The van der Waals surface area contributed by atoms with Crippen molar-refractivity contribution in [1.29, 1.82) is 0 Å². The van der Waals surface area contributed by atoms with E-state index in [9.17, 15) is 19.2 Å². The van der Waals surface area contributed by atoms with E-state index in [1.54, 1.807) is 27.0 Å². The van der Waals surface area contributed by atoms with Crippen molar-refractivity contribution < 1.29 is 23.9 Å². The van der Waals surface area contributed by atoms with E-state index in [1.807, 2.05) is 60.7 Å². The van der Waals surface area contributed by atoms with Gasteiger partial charge in [0.25, 0.3) is 0 Å². The van der Waals surface area contributed by atoms with E-state index in [-0.39, 0.29) is 25.2 Å². The van der Waals surface area contributed by atoms with Gasteiger partial charge in [0.1, 0.15) is 18.1 Å². The number of aromatic nitrogens is 2. The Kier molecular flexibility index (Phi) is 10.6. The molecule has 0 saturated carbocycles. The number of nitrogens with zero attached hydrogens (tertiary/aromatic N) is 1. The minimum Gasteiger partial charge on any atom is -0.467 e. The molecule has 0 fully saturated rings. The minimum absolute atomic E-state index is 0.128. The van der Waals surface area contributed by atoms with Crippen molar-refractivity contribution in [3.05, 3.63) is 90.0 Å². The van der Waals surface area contributed by atoms with E-state index in [0.717, 1.165) is 11.1 Å². The maximum atomic E-state index is 13.6. The lowest BCUT2D eigenvalue weighted by Crippen LogP contribution is -2.58. The molecule has 1 heterocycles. The molecule has 2 aromatic carbocycles. The summed E-state index contributed by atoms with van der Waals surface area (Å²) in [7, 11) is 1.24. The molecule has 3 atom stereocenters. The Balaban J connectivity index is 1.85. The Bertz CT molecular complexity index is 1260. The summed E-state index contributed by atoms with van der Waals surface area (Å²) in [4.78, 5) is 59.4. The number of benzene rings is 2. The summed E-state index contributed by atoms with van der Waals surface area (Å²) in [5.74, 6) is -2.00. The van der Waals surface area contributed by atoms with Crippen LogP contribution in [0.1, 0.15) is 37.6 Å².